The largest absolute Gasteiger partial charge is 0.481 e. The molecule has 3 unspecified atom stereocenters. The topological polar surface area (TPSA) is 69.6 Å². The minimum Gasteiger partial charge on any atom is -0.481 e. The Bertz CT molecular complexity index is 316. The molecule has 110 valence electrons. The van der Waals surface area contributed by atoms with Gasteiger partial charge in [0.05, 0.1) is 11.8 Å². The molecule has 0 radical (unpaired) electrons. The molecule has 0 heterocycles. The van der Waals surface area contributed by atoms with Gasteiger partial charge in [-0.2, -0.15) is 0 Å². The number of carboxylic acids is 1. The highest BCUT2D eigenvalue weighted by Gasteiger charge is 2.48. The zero-order valence-corrected chi connectivity index (χ0v) is 12.2. The summed E-state index contributed by atoms with van der Waals surface area (Å²) in [6.45, 7) is 9.44. The Hall–Kier alpha value is -1.10. The molecule has 2 N–H and O–H groups in total. The minimum absolute atomic E-state index is 0.0947. The number of rotatable bonds is 9. The molecule has 1 amide bonds. The zero-order valence-electron chi connectivity index (χ0n) is 12.2. The lowest BCUT2D eigenvalue weighted by atomic mass is 10.1. The summed E-state index contributed by atoms with van der Waals surface area (Å²) in [5.41, 5.74) is 0. The molecule has 19 heavy (non-hydrogen) atoms. The molecule has 1 aliphatic rings. The predicted octanol–water partition coefficient (Wildman–Crippen LogP) is 1.33. The predicted molar refractivity (Wildman–Crippen MR) is 73.9 cm³/mol. The van der Waals surface area contributed by atoms with Crippen LogP contribution in [0.25, 0.3) is 0 Å². The summed E-state index contributed by atoms with van der Waals surface area (Å²) in [4.78, 5) is 24.8. The van der Waals surface area contributed by atoms with Crippen LogP contribution in [0.4, 0.5) is 0 Å². The maximum Gasteiger partial charge on any atom is 0.307 e. The number of nitrogens with one attached hydrogen (secondary N) is 1. The van der Waals surface area contributed by atoms with E-state index in [4.69, 9.17) is 5.11 Å². The van der Waals surface area contributed by atoms with Crippen molar-refractivity contribution in [2.24, 2.45) is 11.8 Å². The third-order valence-electron chi connectivity index (χ3n) is 3.84. The molecule has 0 spiro atoms. The van der Waals surface area contributed by atoms with Gasteiger partial charge in [-0.3, -0.25) is 9.59 Å². The van der Waals surface area contributed by atoms with Gasteiger partial charge < -0.3 is 15.3 Å². The van der Waals surface area contributed by atoms with Crippen molar-refractivity contribution < 1.29 is 14.7 Å². The molecule has 5 heteroatoms. The van der Waals surface area contributed by atoms with Crippen LogP contribution in [0.5, 0.6) is 0 Å². The van der Waals surface area contributed by atoms with Crippen LogP contribution in [0.15, 0.2) is 0 Å². The van der Waals surface area contributed by atoms with Crippen molar-refractivity contribution in [1.82, 2.24) is 10.2 Å². The van der Waals surface area contributed by atoms with Crippen LogP contribution in [0.2, 0.25) is 0 Å². The Balaban J connectivity index is 2.16. The van der Waals surface area contributed by atoms with E-state index in [1.165, 1.54) is 0 Å². The molecule has 1 saturated carbocycles. The van der Waals surface area contributed by atoms with E-state index >= 15 is 0 Å². The lowest BCUT2D eigenvalue weighted by molar-refractivity contribution is -0.140. The monoisotopic (exact) mass is 270 g/mol. The Morgan fingerprint density at radius 1 is 1.32 bits per heavy atom. The second-order valence-electron chi connectivity index (χ2n) is 5.37. The van der Waals surface area contributed by atoms with E-state index in [-0.39, 0.29) is 17.9 Å². The van der Waals surface area contributed by atoms with Crippen LogP contribution in [-0.2, 0) is 9.59 Å². The number of amides is 1. The first kappa shape index (κ1) is 16.0. The molecule has 0 bridgehead atoms. The van der Waals surface area contributed by atoms with E-state index in [2.05, 4.69) is 24.1 Å². The van der Waals surface area contributed by atoms with Gasteiger partial charge in [-0.1, -0.05) is 13.8 Å². The molecule has 1 aliphatic carbocycles. The minimum atomic E-state index is -0.852. The molecular weight excluding hydrogens is 244 g/mol. The average molecular weight is 270 g/mol. The van der Waals surface area contributed by atoms with Crippen molar-refractivity contribution in [3.05, 3.63) is 0 Å². The van der Waals surface area contributed by atoms with Gasteiger partial charge >= 0.3 is 5.97 Å². The molecule has 0 aromatic rings. The first-order chi connectivity index (χ1) is 8.99. The highest BCUT2D eigenvalue weighted by Crippen LogP contribution is 2.38. The molecule has 1 fully saturated rings. The summed E-state index contributed by atoms with van der Waals surface area (Å²) in [6.07, 6.45) is 2.48. The number of hydrogen-bond donors (Lipinski definition) is 2. The Labute approximate surface area is 115 Å². The summed E-state index contributed by atoms with van der Waals surface area (Å²) in [7, 11) is 0. The third kappa shape index (κ3) is 5.19. The van der Waals surface area contributed by atoms with Crippen LogP contribution in [0.3, 0.4) is 0 Å². The summed E-state index contributed by atoms with van der Waals surface area (Å²) < 4.78 is 0. The van der Waals surface area contributed by atoms with Gasteiger partial charge in [0, 0.05) is 6.04 Å². The average Bonchev–Trinajstić information content (AvgIpc) is 3.15. The van der Waals surface area contributed by atoms with Crippen LogP contribution in [-0.4, -0.2) is 47.6 Å². The standard InChI is InChI=1S/C14H26N2O3/c1-4-16(5-2)8-6-7-10(3)15-13(17)11-9-12(11)14(18)19/h10-12H,4-9H2,1-3H3,(H,15,17)(H,18,19). The first-order valence-corrected chi connectivity index (χ1v) is 7.25. The number of carboxylic acid groups (broad SMARTS) is 1. The molecule has 3 atom stereocenters. The fourth-order valence-electron chi connectivity index (χ4n) is 2.34. The maximum absolute atomic E-state index is 11.8. The van der Waals surface area contributed by atoms with E-state index in [1.807, 2.05) is 6.92 Å². The second-order valence-corrected chi connectivity index (χ2v) is 5.37. The van der Waals surface area contributed by atoms with Gasteiger partial charge in [-0.15, -0.1) is 0 Å². The van der Waals surface area contributed by atoms with Crippen molar-refractivity contribution in [3.8, 4) is 0 Å². The summed E-state index contributed by atoms with van der Waals surface area (Å²) in [5, 5.41) is 11.7. The van der Waals surface area contributed by atoms with Crippen LogP contribution in [0.1, 0.15) is 40.0 Å². The van der Waals surface area contributed by atoms with Crippen LogP contribution in [0, 0.1) is 11.8 Å². The molecular formula is C14H26N2O3. The van der Waals surface area contributed by atoms with Gasteiger partial charge in [-0.25, -0.2) is 0 Å². The Morgan fingerprint density at radius 2 is 1.95 bits per heavy atom. The van der Waals surface area contributed by atoms with Crippen LogP contribution >= 0.6 is 0 Å². The molecule has 0 aromatic carbocycles. The SMILES string of the molecule is CCN(CC)CCCC(C)NC(=O)C1CC1C(=O)O. The highest BCUT2D eigenvalue weighted by molar-refractivity contribution is 5.89. The normalized spacial score (nSPS) is 23.2. The molecule has 5 nitrogen and oxygen atoms in total. The molecule has 1 rings (SSSR count). The third-order valence-corrected chi connectivity index (χ3v) is 3.84. The number of carbonyl (C=O) groups is 2. The van der Waals surface area contributed by atoms with Crippen molar-refractivity contribution in [2.75, 3.05) is 19.6 Å². The van der Waals surface area contributed by atoms with E-state index in [0.717, 1.165) is 32.5 Å². The number of hydrogen-bond acceptors (Lipinski definition) is 3. The van der Waals surface area contributed by atoms with Gasteiger partial charge in [0.15, 0.2) is 0 Å². The quantitative estimate of drug-likeness (QED) is 0.663. The van der Waals surface area contributed by atoms with E-state index in [9.17, 15) is 9.59 Å². The van der Waals surface area contributed by atoms with Crippen LogP contribution < -0.4 is 5.32 Å². The van der Waals surface area contributed by atoms with E-state index in [0.29, 0.717) is 6.42 Å². The number of aliphatic carboxylic acids is 1. The van der Waals surface area contributed by atoms with Gasteiger partial charge in [-0.05, 0) is 45.8 Å². The van der Waals surface area contributed by atoms with Gasteiger partial charge in [0.2, 0.25) is 5.91 Å². The van der Waals surface area contributed by atoms with Gasteiger partial charge in [0.25, 0.3) is 0 Å². The van der Waals surface area contributed by atoms with Crippen molar-refractivity contribution >= 4 is 11.9 Å². The Morgan fingerprint density at radius 3 is 2.42 bits per heavy atom. The summed E-state index contributed by atoms with van der Waals surface area (Å²) >= 11 is 0. The number of carbonyl (C=O) groups excluding carboxylic acids is 1. The Kier molecular flexibility index (Phi) is 6.28. The zero-order chi connectivity index (χ0) is 14.4. The van der Waals surface area contributed by atoms with E-state index < -0.39 is 11.9 Å². The summed E-state index contributed by atoms with van der Waals surface area (Å²) in [6, 6.07) is 0.123. The fraction of sp³-hybridized carbons (Fsp3) is 0.857. The fourth-order valence-corrected chi connectivity index (χ4v) is 2.34. The van der Waals surface area contributed by atoms with Gasteiger partial charge in [0.1, 0.15) is 0 Å². The first-order valence-electron chi connectivity index (χ1n) is 7.25. The molecule has 0 aliphatic heterocycles. The maximum atomic E-state index is 11.8. The lowest BCUT2D eigenvalue weighted by Gasteiger charge is -2.19. The highest BCUT2D eigenvalue weighted by atomic mass is 16.4. The number of nitrogens with zero attached hydrogens (tertiary/aromatic N) is 1. The van der Waals surface area contributed by atoms with Crippen molar-refractivity contribution in [1.29, 1.82) is 0 Å². The van der Waals surface area contributed by atoms with E-state index in [1.54, 1.807) is 0 Å². The smallest absolute Gasteiger partial charge is 0.307 e. The van der Waals surface area contributed by atoms with Crippen molar-refractivity contribution in [3.63, 3.8) is 0 Å². The summed E-state index contributed by atoms with van der Waals surface area (Å²) in [5.74, 6) is -1.71. The second kappa shape index (κ2) is 7.48. The molecule has 0 aromatic heterocycles. The van der Waals surface area contributed by atoms with Crippen molar-refractivity contribution in [2.45, 2.75) is 46.1 Å². The lowest BCUT2D eigenvalue weighted by Crippen LogP contribution is -2.35. The molecule has 0 saturated heterocycles.